The lowest BCUT2D eigenvalue weighted by Gasteiger charge is -2.09. The van der Waals surface area contributed by atoms with E-state index in [9.17, 15) is 13.2 Å². The Balaban J connectivity index is 2.54. The number of sulfonamides is 1. The van der Waals surface area contributed by atoms with Crippen LogP contribution in [0.2, 0.25) is 0 Å². The van der Waals surface area contributed by atoms with E-state index in [1.54, 1.807) is 6.07 Å². The van der Waals surface area contributed by atoms with E-state index in [0.29, 0.717) is 5.56 Å². The average Bonchev–Trinajstić information content (AvgIpc) is 2.33. The Kier molecular flexibility index (Phi) is 5.31. The largest absolute Gasteiger partial charge is 0.388 e. The molecule has 0 spiro atoms. The molecule has 1 aromatic carbocycles. The average molecular weight is 285 g/mol. The Bertz CT molecular complexity index is 555. The highest BCUT2D eigenvalue weighted by Gasteiger charge is 2.09. The van der Waals surface area contributed by atoms with E-state index in [0.717, 1.165) is 17.5 Å². The molecule has 1 aromatic rings. The van der Waals surface area contributed by atoms with Gasteiger partial charge in [-0.15, -0.1) is 0 Å². The van der Waals surface area contributed by atoms with Crippen LogP contribution in [0.15, 0.2) is 18.2 Å². The molecule has 3 N–H and O–H groups in total. The van der Waals surface area contributed by atoms with E-state index < -0.39 is 10.0 Å². The number of hydrogen-bond acceptors (Lipinski definition) is 4. The number of aryl methyl sites for hydroxylation is 1. The quantitative estimate of drug-likeness (QED) is 0.657. The summed E-state index contributed by atoms with van der Waals surface area (Å²) < 4.78 is 24.0. The smallest absolute Gasteiger partial charge is 0.251 e. The second-order valence-corrected chi connectivity index (χ2v) is 6.04. The molecule has 106 valence electrons. The van der Waals surface area contributed by atoms with E-state index in [1.807, 2.05) is 26.1 Å². The lowest BCUT2D eigenvalue weighted by molar-refractivity contribution is 0.0953. The molecule has 7 heteroatoms. The van der Waals surface area contributed by atoms with Crippen LogP contribution in [0.3, 0.4) is 0 Å². The summed E-state index contributed by atoms with van der Waals surface area (Å²) >= 11 is 0. The summed E-state index contributed by atoms with van der Waals surface area (Å²) in [6.45, 7) is 2.28. The minimum atomic E-state index is -3.21. The maximum Gasteiger partial charge on any atom is 0.251 e. The molecular formula is C12H19N3O3S. The van der Waals surface area contributed by atoms with E-state index in [2.05, 4.69) is 15.4 Å². The van der Waals surface area contributed by atoms with Crippen molar-refractivity contribution in [1.82, 2.24) is 10.0 Å². The maximum atomic E-state index is 11.9. The number of hydrogen-bond donors (Lipinski definition) is 3. The van der Waals surface area contributed by atoms with Gasteiger partial charge < -0.3 is 10.6 Å². The molecular weight excluding hydrogens is 266 g/mol. The first-order valence-electron chi connectivity index (χ1n) is 5.84. The Hall–Kier alpha value is -1.60. The summed E-state index contributed by atoms with van der Waals surface area (Å²) in [4.78, 5) is 11.9. The Morgan fingerprint density at radius 1 is 1.26 bits per heavy atom. The third-order valence-corrected chi connectivity index (χ3v) is 3.26. The van der Waals surface area contributed by atoms with Crippen molar-refractivity contribution in [2.45, 2.75) is 6.92 Å². The van der Waals surface area contributed by atoms with Crippen molar-refractivity contribution in [3.05, 3.63) is 29.3 Å². The van der Waals surface area contributed by atoms with Crippen LogP contribution in [0.4, 0.5) is 5.69 Å². The van der Waals surface area contributed by atoms with Gasteiger partial charge in [-0.05, 0) is 30.7 Å². The zero-order valence-electron chi connectivity index (χ0n) is 11.3. The number of rotatable bonds is 6. The number of anilines is 1. The van der Waals surface area contributed by atoms with Crippen LogP contribution < -0.4 is 15.4 Å². The van der Waals surface area contributed by atoms with Crippen molar-refractivity contribution in [2.75, 3.05) is 31.7 Å². The van der Waals surface area contributed by atoms with Crippen LogP contribution in [0, 0.1) is 6.92 Å². The number of carbonyl (C=O) groups excluding carboxylic acids is 1. The van der Waals surface area contributed by atoms with Gasteiger partial charge in [0.05, 0.1) is 6.26 Å². The van der Waals surface area contributed by atoms with Crippen LogP contribution in [-0.2, 0) is 10.0 Å². The molecule has 6 nitrogen and oxygen atoms in total. The van der Waals surface area contributed by atoms with Gasteiger partial charge in [-0.3, -0.25) is 4.79 Å². The zero-order valence-corrected chi connectivity index (χ0v) is 12.1. The second kappa shape index (κ2) is 6.53. The van der Waals surface area contributed by atoms with Gasteiger partial charge in [-0.25, -0.2) is 13.1 Å². The molecule has 0 aliphatic heterocycles. The van der Waals surface area contributed by atoms with Crippen LogP contribution in [-0.4, -0.2) is 40.7 Å². The van der Waals surface area contributed by atoms with E-state index >= 15 is 0 Å². The van der Waals surface area contributed by atoms with Gasteiger partial charge in [0, 0.05) is 31.4 Å². The molecule has 0 saturated heterocycles. The predicted octanol–water partition coefficient (Wildman–Crippen LogP) is 0.316. The van der Waals surface area contributed by atoms with Crippen molar-refractivity contribution in [2.24, 2.45) is 0 Å². The number of carbonyl (C=O) groups is 1. The number of benzene rings is 1. The third-order valence-electron chi connectivity index (χ3n) is 2.53. The minimum Gasteiger partial charge on any atom is -0.388 e. The standard InChI is InChI=1S/C12H19N3O3S/c1-9-8-10(13-2)4-5-11(9)12(16)14-6-7-15-19(3,17)18/h4-5,8,13,15H,6-7H2,1-3H3,(H,14,16). The first-order valence-corrected chi connectivity index (χ1v) is 7.74. The van der Waals surface area contributed by atoms with Crippen molar-refractivity contribution in [3.63, 3.8) is 0 Å². The summed E-state index contributed by atoms with van der Waals surface area (Å²) in [6, 6.07) is 5.43. The Morgan fingerprint density at radius 2 is 1.95 bits per heavy atom. The Morgan fingerprint density at radius 3 is 2.47 bits per heavy atom. The summed E-state index contributed by atoms with van der Waals surface area (Å²) in [5, 5.41) is 5.66. The SMILES string of the molecule is CNc1ccc(C(=O)NCCNS(C)(=O)=O)c(C)c1. The van der Waals surface area contributed by atoms with Crippen LogP contribution in [0.1, 0.15) is 15.9 Å². The van der Waals surface area contributed by atoms with Gasteiger partial charge in [0.2, 0.25) is 10.0 Å². The molecule has 0 fully saturated rings. The lowest BCUT2D eigenvalue weighted by Crippen LogP contribution is -2.34. The Labute approximate surface area is 113 Å². The van der Waals surface area contributed by atoms with Crippen molar-refractivity contribution in [3.8, 4) is 0 Å². The monoisotopic (exact) mass is 285 g/mol. The van der Waals surface area contributed by atoms with E-state index in [-0.39, 0.29) is 19.0 Å². The second-order valence-electron chi connectivity index (χ2n) is 4.20. The third kappa shape index (κ3) is 5.27. The maximum absolute atomic E-state index is 11.9. The van der Waals surface area contributed by atoms with Gasteiger partial charge in [0.25, 0.3) is 5.91 Å². The minimum absolute atomic E-state index is 0.179. The summed E-state index contributed by atoms with van der Waals surface area (Å²) in [5.74, 6) is -0.213. The molecule has 19 heavy (non-hydrogen) atoms. The molecule has 1 rings (SSSR count). The molecule has 0 heterocycles. The highest BCUT2D eigenvalue weighted by Crippen LogP contribution is 2.14. The first-order chi connectivity index (χ1) is 8.83. The van der Waals surface area contributed by atoms with Gasteiger partial charge in [0.1, 0.15) is 0 Å². The molecule has 0 saturated carbocycles. The van der Waals surface area contributed by atoms with Crippen LogP contribution in [0.25, 0.3) is 0 Å². The predicted molar refractivity (Wildman–Crippen MR) is 75.9 cm³/mol. The van der Waals surface area contributed by atoms with E-state index in [1.165, 1.54) is 0 Å². The first kappa shape index (κ1) is 15.5. The van der Waals surface area contributed by atoms with Gasteiger partial charge >= 0.3 is 0 Å². The van der Waals surface area contributed by atoms with Gasteiger partial charge in [-0.1, -0.05) is 0 Å². The topological polar surface area (TPSA) is 87.3 Å². The number of amides is 1. The van der Waals surface area contributed by atoms with Crippen molar-refractivity contribution in [1.29, 1.82) is 0 Å². The van der Waals surface area contributed by atoms with Gasteiger partial charge in [0.15, 0.2) is 0 Å². The summed E-state index contributed by atoms with van der Waals surface area (Å²) in [6.07, 6.45) is 1.08. The molecule has 0 atom stereocenters. The molecule has 0 aliphatic rings. The normalized spacial score (nSPS) is 11.1. The summed E-state index contributed by atoms with van der Waals surface area (Å²) in [5.41, 5.74) is 2.38. The molecule has 1 amide bonds. The fourth-order valence-corrected chi connectivity index (χ4v) is 2.05. The molecule has 0 radical (unpaired) electrons. The van der Waals surface area contributed by atoms with Crippen LogP contribution >= 0.6 is 0 Å². The molecule has 0 aliphatic carbocycles. The number of nitrogens with one attached hydrogen (secondary N) is 3. The molecule has 0 bridgehead atoms. The fraction of sp³-hybridized carbons (Fsp3) is 0.417. The fourth-order valence-electron chi connectivity index (χ4n) is 1.58. The highest BCUT2D eigenvalue weighted by atomic mass is 32.2. The van der Waals surface area contributed by atoms with Crippen molar-refractivity contribution >= 4 is 21.6 Å². The van der Waals surface area contributed by atoms with Gasteiger partial charge in [-0.2, -0.15) is 0 Å². The molecule has 0 unspecified atom stereocenters. The van der Waals surface area contributed by atoms with E-state index in [4.69, 9.17) is 0 Å². The van der Waals surface area contributed by atoms with Crippen molar-refractivity contribution < 1.29 is 13.2 Å². The zero-order chi connectivity index (χ0) is 14.5. The highest BCUT2D eigenvalue weighted by molar-refractivity contribution is 7.88. The lowest BCUT2D eigenvalue weighted by atomic mass is 10.1. The summed E-state index contributed by atoms with van der Waals surface area (Å²) in [7, 11) is -1.40. The molecule has 0 aromatic heterocycles. The van der Waals surface area contributed by atoms with Crippen LogP contribution in [0.5, 0.6) is 0 Å².